The number of hydrogen-bond acceptors (Lipinski definition) is 3. The molecule has 132 valence electrons. The molecule has 2 aromatic carbocycles. The minimum Gasteiger partial charge on any atom is -0.395 e. The number of anilines is 1. The van der Waals surface area contributed by atoms with Gasteiger partial charge in [-0.15, -0.1) is 0 Å². The van der Waals surface area contributed by atoms with Crippen molar-refractivity contribution < 1.29 is 14.7 Å². The summed E-state index contributed by atoms with van der Waals surface area (Å²) in [5, 5.41) is 11.8. The maximum absolute atomic E-state index is 12.4. The minimum absolute atomic E-state index is 0.105. The summed E-state index contributed by atoms with van der Waals surface area (Å²) in [6.45, 7) is 4.36. The lowest BCUT2D eigenvalue weighted by Crippen LogP contribution is -2.40. The zero-order valence-electron chi connectivity index (χ0n) is 14.6. The van der Waals surface area contributed by atoms with E-state index in [-0.39, 0.29) is 19.7 Å². The third-order valence-electron chi connectivity index (χ3n) is 3.90. The molecular formula is C20H24N2O3. The topological polar surface area (TPSA) is 69.6 Å². The van der Waals surface area contributed by atoms with Crippen LogP contribution in [0, 0.1) is 0 Å². The van der Waals surface area contributed by atoms with Gasteiger partial charge >= 0.3 is 11.8 Å². The SMILES string of the molecule is CC(C)c1ccc(NC(=O)C(=O)N(CCO)Cc2ccccc2)cc1. The van der Waals surface area contributed by atoms with Gasteiger partial charge in [0.05, 0.1) is 6.61 Å². The van der Waals surface area contributed by atoms with E-state index in [1.807, 2.05) is 42.5 Å². The smallest absolute Gasteiger partial charge is 0.313 e. The first-order valence-electron chi connectivity index (χ1n) is 8.36. The van der Waals surface area contributed by atoms with Crippen LogP contribution in [0.5, 0.6) is 0 Å². The molecule has 0 heterocycles. The van der Waals surface area contributed by atoms with Crippen molar-refractivity contribution >= 4 is 17.5 Å². The Morgan fingerprint density at radius 2 is 1.68 bits per heavy atom. The van der Waals surface area contributed by atoms with Crippen LogP contribution in [0.2, 0.25) is 0 Å². The van der Waals surface area contributed by atoms with Gasteiger partial charge in [0.2, 0.25) is 0 Å². The third kappa shape index (κ3) is 5.43. The van der Waals surface area contributed by atoms with Gasteiger partial charge in [0.15, 0.2) is 0 Å². The summed E-state index contributed by atoms with van der Waals surface area (Å²) in [5.74, 6) is -0.968. The predicted octanol–water partition coefficient (Wildman–Crippen LogP) is 2.77. The van der Waals surface area contributed by atoms with Crippen LogP contribution in [-0.2, 0) is 16.1 Å². The van der Waals surface area contributed by atoms with Crippen molar-refractivity contribution in [2.24, 2.45) is 0 Å². The van der Waals surface area contributed by atoms with Crippen LogP contribution in [0.15, 0.2) is 54.6 Å². The number of hydrogen-bond donors (Lipinski definition) is 2. The lowest BCUT2D eigenvalue weighted by Gasteiger charge is -2.21. The highest BCUT2D eigenvalue weighted by molar-refractivity contribution is 6.39. The van der Waals surface area contributed by atoms with Crippen molar-refractivity contribution in [2.45, 2.75) is 26.3 Å². The van der Waals surface area contributed by atoms with Gasteiger partial charge in [-0.25, -0.2) is 0 Å². The summed E-state index contributed by atoms with van der Waals surface area (Å²) < 4.78 is 0. The minimum atomic E-state index is -0.707. The second kappa shape index (κ2) is 8.99. The van der Waals surface area contributed by atoms with Crippen molar-refractivity contribution in [1.29, 1.82) is 0 Å². The highest BCUT2D eigenvalue weighted by Gasteiger charge is 2.21. The first-order valence-corrected chi connectivity index (χ1v) is 8.36. The van der Waals surface area contributed by atoms with E-state index in [9.17, 15) is 14.7 Å². The average molecular weight is 340 g/mol. The third-order valence-corrected chi connectivity index (χ3v) is 3.90. The Hall–Kier alpha value is -2.66. The van der Waals surface area contributed by atoms with Crippen molar-refractivity contribution in [3.8, 4) is 0 Å². The second-order valence-corrected chi connectivity index (χ2v) is 6.17. The molecule has 0 aliphatic carbocycles. The number of nitrogens with one attached hydrogen (secondary N) is 1. The molecule has 0 unspecified atom stereocenters. The van der Waals surface area contributed by atoms with Gasteiger partial charge in [0, 0.05) is 18.8 Å². The molecule has 0 bridgehead atoms. The van der Waals surface area contributed by atoms with Crippen molar-refractivity contribution in [1.82, 2.24) is 4.90 Å². The Morgan fingerprint density at radius 1 is 1.04 bits per heavy atom. The van der Waals surface area contributed by atoms with Crippen LogP contribution in [0.3, 0.4) is 0 Å². The van der Waals surface area contributed by atoms with Crippen LogP contribution in [0.25, 0.3) is 0 Å². The molecule has 0 saturated carbocycles. The molecule has 2 amide bonds. The van der Waals surface area contributed by atoms with Crippen LogP contribution in [0.1, 0.15) is 30.9 Å². The zero-order valence-corrected chi connectivity index (χ0v) is 14.6. The molecule has 0 fully saturated rings. The molecule has 0 aliphatic rings. The number of carbonyl (C=O) groups excluding carboxylic acids is 2. The largest absolute Gasteiger partial charge is 0.395 e. The molecule has 2 N–H and O–H groups in total. The summed E-state index contributed by atoms with van der Waals surface area (Å²) in [6, 6.07) is 16.8. The number of benzene rings is 2. The fourth-order valence-electron chi connectivity index (χ4n) is 2.46. The highest BCUT2D eigenvalue weighted by atomic mass is 16.3. The van der Waals surface area contributed by atoms with E-state index in [0.29, 0.717) is 11.6 Å². The first-order chi connectivity index (χ1) is 12.0. The van der Waals surface area contributed by atoms with Crippen molar-refractivity contribution in [3.63, 3.8) is 0 Å². The summed E-state index contributed by atoms with van der Waals surface area (Å²) in [6.07, 6.45) is 0. The molecule has 2 aromatic rings. The number of rotatable bonds is 6. The molecule has 0 atom stereocenters. The molecule has 0 saturated heterocycles. The van der Waals surface area contributed by atoms with Crippen LogP contribution in [0.4, 0.5) is 5.69 Å². The van der Waals surface area contributed by atoms with E-state index in [1.54, 1.807) is 12.1 Å². The molecule has 25 heavy (non-hydrogen) atoms. The maximum atomic E-state index is 12.4. The maximum Gasteiger partial charge on any atom is 0.313 e. The predicted molar refractivity (Wildman–Crippen MR) is 98.1 cm³/mol. The highest BCUT2D eigenvalue weighted by Crippen LogP contribution is 2.17. The van der Waals surface area contributed by atoms with Gasteiger partial charge < -0.3 is 15.3 Å². The lowest BCUT2D eigenvalue weighted by atomic mass is 10.0. The number of aliphatic hydroxyl groups excluding tert-OH is 1. The summed E-state index contributed by atoms with van der Waals surface area (Å²) in [4.78, 5) is 26.0. The van der Waals surface area contributed by atoms with Gasteiger partial charge in [0.1, 0.15) is 0 Å². The molecule has 5 heteroatoms. The fourth-order valence-corrected chi connectivity index (χ4v) is 2.46. The Morgan fingerprint density at radius 3 is 2.24 bits per heavy atom. The van der Waals surface area contributed by atoms with Crippen molar-refractivity contribution in [3.05, 3.63) is 65.7 Å². The van der Waals surface area contributed by atoms with Crippen LogP contribution in [-0.4, -0.2) is 35.0 Å². The standard InChI is InChI=1S/C20H24N2O3/c1-15(2)17-8-10-18(11-9-17)21-19(24)20(25)22(12-13-23)14-16-6-4-3-5-7-16/h3-11,15,23H,12-14H2,1-2H3,(H,21,24). The lowest BCUT2D eigenvalue weighted by molar-refractivity contribution is -0.143. The van der Waals surface area contributed by atoms with E-state index in [1.165, 1.54) is 4.90 Å². The quantitative estimate of drug-likeness (QED) is 0.795. The first kappa shape index (κ1) is 18.7. The molecule has 0 aromatic heterocycles. The fraction of sp³-hybridized carbons (Fsp3) is 0.300. The van der Waals surface area contributed by atoms with Gasteiger partial charge in [0.25, 0.3) is 0 Å². The van der Waals surface area contributed by atoms with Crippen molar-refractivity contribution in [2.75, 3.05) is 18.5 Å². The summed E-state index contributed by atoms with van der Waals surface area (Å²) in [5.41, 5.74) is 2.64. The van der Waals surface area contributed by atoms with Gasteiger partial charge in [-0.05, 0) is 29.2 Å². The molecular weight excluding hydrogens is 316 g/mol. The monoisotopic (exact) mass is 340 g/mol. The van der Waals surface area contributed by atoms with Gasteiger partial charge in [-0.3, -0.25) is 9.59 Å². The molecule has 0 aliphatic heterocycles. The summed E-state index contributed by atoms with van der Waals surface area (Å²) >= 11 is 0. The van der Waals surface area contributed by atoms with E-state index >= 15 is 0 Å². The number of aliphatic hydroxyl groups is 1. The number of carbonyl (C=O) groups is 2. The molecule has 2 rings (SSSR count). The summed E-state index contributed by atoms with van der Waals surface area (Å²) in [7, 11) is 0. The van der Waals surface area contributed by atoms with Gasteiger partial charge in [-0.1, -0.05) is 56.3 Å². The van der Waals surface area contributed by atoms with E-state index < -0.39 is 11.8 Å². The van der Waals surface area contributed by atoms with E-state index in [0.717, 1.165) is 11.1 Å². The zero-order chi connectivity index (χ0) is 18.2. The molecule has 0 radical (unpaired) electrons. The van der Waals surface area contributed by atoms with E-state index in [2.05, 4.69) is 19.2 Å². The average Bonchev–Trinajstić information content (AvgIpc) is 2.62. The second-order valence-electron chi connectivity index (χ2n) is 6.17. The normalized spacial score (nSPS) is 10.6. The Labute approximate surface area is 148 Å². The molecule has 0 spiro atoms. The van der Waals surface area contributed by atoms with E-state index in [4.69, 9.17) is 0 Å². The van der Waals surface area contributed by atoms with Crippen LogP contribution >= 0.6 is 0 Å². The Kier molecular flexibility index (Phi) is 6.71. The molecule has 5 nitrogen and oxygen atoms in total. The Balaban J connectivity index is 2.03. The number of amides is 2. The number of nitrogens with zero attached hydrogens (tertiary/aromatic N) is 1. The van der Waals surface area contributed by atoms with Gasteiger partial charge in [-0.2, -0.15) is 0 Å². The Bertz CT molecular complexity index is 697. The van der Waals surface area contributed by atoms with Crippen LogP contribution < -0.4 is 5.32 Å².